The van der Waals surface area contributed by atoms with E-state index in [0.717, 1.165) is 23.5 Å². The van der Waals surface area contributed by atoms with E-state index in [-0.39, 0.29) is 11.4 Å². The normalized spacial score (nSPS) is 15.8. The summed E-state index contributed by atoms with van der Waals surface area (Å²) in [5, 5.41) is 9.67. The second kappa shape index (κ2) is 6.44. The lowest BCUT2D eigenvalue weighted by atomic mass is 10.1. The summed E-state index contributed by atoms with van der Waals surface area (Å²) >= 11 is 0. The molecule has 1 amide bonds. The Labute approximate surface area is 127 Å². The van der Waals surface area contributed by atoms with Gasteiger partial charge in [-0.3, -0.25) is 4.79 Å². The second-order valence-corrected chi connectivity index (χ2v) is 4.94. The molecular formula is C16H17N3O3. The molecule has 6 nitrogen and oxygen atoms in total. The Balaban J connectivity index is 1.96. The predicted octanol–water partition coefficient (Wildman–Crippen LogP) is 1.30. The first-order chi connectivity index (χ1) is 10.8. The number of morpholine rings is 1. The molecule has 0 bridgehead atoms. The summed E-state index contributed by atoms with van der Waals surface area (Å²) in [6, 6.07) is 12.3. The molecule has 1 N–H and O–H groups in total. The Morgan fingerprint density at radius 1 is 1.09 bits per heavy atom. The molecular weight excluding hydrogens is 282 g/mol. The van der Waals surface area contributed by atoms with E-state index in [1.54, 1.807) is 24.3 Å². The molecule has 1 aliphatic heterocycles. The van der Waals surface area contributed by atoms with Crippen molar-refractivity contribution >= 4 is 11.6 Å². The van der Waals surface area contributed by atoms with Gasteiger partial charge in [0.05, 0.1) is 18.8 Å². The first kappa shape index (κ1) is 14.3. The van der Waals surface area contributed by atoms with Gasteiger partial charge in [-0.1, -0.05) is 18.2 Å². The van der Waals surface area contributed by atoms with Gasteiger partial charge < -0.3 is 14.8 Å². The molecule has 0 radical (unpaired) electrons. The highest BCUT2D eigenvalue weighted by molar-refractivity contribution is 6.00. The molecule has 22 heavy (non-hydrogen) atoms. The Hall–Kier alpha value is -2.60. The lowest BCUT2D eigenvalue weighted by Gasteiger charge is -2.29. The van der Waals surface area contributed by atoms with Crippen molar-refractivity contribution in [2.75, 3.05) is 31.2 Å². The van der Waals surface area contributed by atoms with Crippen molar-refractivity contribution in [2.24, 2.45) is 4.99 Å². The first-order valence-electron chi connectivity index (χ1n) is 7.13. The Kier molecular flexibility index (Phi) is 4.20. The SMILES string of the molecule is O=C(N=c1ccccn1O)c1ccccc1N1CCOCC1. The Morgan fingerprint density at radius 2 is 1.82 bits per heavy atom. The number of rotatable bonds is 2. The average molecular weight is 299 g/mol. The van der Waals surface area contributed by atoms with Gasteiger partial charge in [-0.05, 0) is 24.3 Å². The molecule has 2 heterocycles. The molecule has 114 valence electrons. The number of benzene rings is 1. The molecule has 0 atom stereocenters. The van der Waals surface area contributed by atoms with Crippen molar-refractivity contribution in [3.05, 3.63) is 59.7 Å². The van der Waals surface area contributed by atoms with Crippen molar-refractivity contribution in [1.29, 1.82) is 0 Å². The van der Waals surface area contributed by atoms with Crippen LogP contribution in [-0.4, -0.2) is 42.1 Å². The maximum Gasteiger partial charge on any atom is 0.281 e. The van der Waals surface area contributed by atoms with Crippen molar-refractivity contribution < 1.29 is 14.7 Å². The van der Waals surface area contributed by atoms with Crippen LogP contribution in [0, 0.1) is 0 Å². The highest BCUT2D eigenvalue weighted by Gasteiger charge is 2.17. The molecule has 1 aromatic heterocycles. The minimum Gasteiger partial charge on any atom is -0.427 e. The van der Waals surface area contributed by atoms with Crippen LogP contribution in [0.1, 0.15) is 10.4 Å². The van der Waals surface area contributed by atoms with Crippen LogP contribution < -0.4 is 10.4 Å². The van der Waals surface area contributed by atoms with Crippen LogP contribution in [0.15, 0.2) is 53.7 Å². The fourth-order valence-corrected chi connectivity index (χ4v) is 2.41. The lowest BCUT2D eigenvalue weighted by Crippen LogP contribution is -2.37. The number of pyridine rings is 1. The van der Waals surface area contributed by atoms with E-state index >= 15 is 0 Å². The zero-order chi connectivity index (χ0) is 15.4. The van der Waals surface area contributed by atoms with Crippen LogP contribution in [-0.2, 0) is 4.74 Å². The van der Waals surface area contributed by atoms with Crippen molar-refractivity contribution in [3.8, 4) is 0 Å². The number of nitrogens with zero attached hydrogens (tertiary/aromatic N) is 3. The van der Waals surface area contributed by atoms with E-state index in [1.165, 1.54) is 6.20 Å². The monoisotopic (exact) mass is 299 g/mol. The summed E-state index contributed by atoms with van der Waals surface area (Å²) < 4.78 is 6.18. The van der Waals surface area contributed by atoms with Crippen molar-refractivity contribution in [3.63, 3.8) is 0 Å². The highest BCUT2D eigenvalue weighted by Crippen LogP contribution is 2.22. The molecule has 0 aliphatic carbocycles. The van der Waals surface area contributed by atoms with Gasteiger partial charge in [0, 0.05) is 25.0 Å². The fraction of sp³-hybridized carbons (Fsp3) is 0.250. The maximum absolute atomic E-state index is 12.5. The van der Waals surface area contributed by atoms with Crippen LogP contribution in [0.2, 0.25) is 0 Å². The largest absolute Gasteiger partial charge is 0.427 e. The number of para-hydroxylation sites is 1. The zero-order valence-corrected chi connectivity index (χ0v) is 12.1. The topological polar surface area (TPSA) is 67.1 Å². The van der Waals surface area contributed by atoms with Gasteiger partial charge in [0.15, 0.2) is 5.49 Å². The van der Waals surface area contributed by atoms with Gasteiger partial charge >= 0.3 is 0 Å². The van der Waals surface area contributed by atoms with E-state index in [4.69, 9.17) is 4.74 Å². The van der Waals surface area contributed by atoms with Crippen LogP contribution in [0.5, 0.6) is 0 Å². The van der Waals surface area contributed by atoms with Crippen molar-refractivity contribution in [2.45, 2.75) is 0 Å². The lowest BCUT2D eigenvalue weighted by molar-refractivity contribution is 0.0986. The first-order valence-corrected chi connectivity index (χ1v) is 7.13. The molecule has 1 aromatic carbocycles. The summed E-state index contributed by atoms with van der Waals surface area (Å²) in [4.78, 5) is 18.6. The third kappa shape index (κ3) is 3.01. The summed E-state index contributed by atoms with van der Waals surface area (Å²) in [5.41, 5.74) is 1.57. The van der Waals surface area contributed by atoms with Crippen LogP contribution in [0.25, 0.3) is 0 Å². The van der Waals surface area contributed by atoms with E-state index in [0.29, 0.717) is 18.8 Å². The van der Waals surface area contributed by atoms with Crippen LogP contribution >= 0.6 is 0 Å². The van der Waals surface area contributed by atoms with E-state index in [2.05, 4.69) is 9.89 Å². The number of hydrogen-bond acceptors (Lipinski definition) is 4. The standard InChI is InChI=1S/C16H17N3O3/c20-16(17-15-7-3-4-8-19(15)21)13-5-1-2-6-14(13)18-9-11-22-12-10-18/h1-8,21H,9-12H2. The van der Waals surface area contributed by atoms with Gasteiger partial charge in [-0.2, -0.15) is 9.72 Å². The summed E-state index contributed by atoms with van der Waals surface area (Å²) in [6.07, 6.45) is 1.43. The molecule has 0 spiro atoms. The minimum atomic E-state index is -0.379. The van der Waals surface area contributed by atoms with Crippen LogP contribution in [0.3, 0.4) is 0 Å². The minimum absolute atomic E-state index is 0.198. The molecule has 6 heteroatoms. The van der Waals surface area contributed by atoms with Crippen LogP contribution in [0.4, 0.5) is 5.69 Å². The van der Waals surface area contributed by atoms with Gasteiger partial charge in [0.1, 0.15) is 0 Å². The van der Waals surface area contributed by atoms with Gasteiger partial charge in [-0.15, -0.1) is 0 Å². The summed E-state index contributed by atoms with van der Waals surface area (Å²) in [6.45, 7) is 2.79. The molecule has 1 aliphatic rings. The second-order valence-electron chi connectivity index (χ2n) is 4.94. The number of carbonyl (C=O) groups is 1. The summed E-state index contributed by atoms with van der Waals surface area (Å²) in [7, 11) is 0. The maximum atomic E-state index is 12.5. The average Bonchev–Trinajstić information content (AvgIpc) is 2.58. The van der Waals surface area contributed by atoms with E-state index in [9.17, 15) is 10.0 Å². The predicted molar refractivity (Wildman–Crippen MR) is 81.0 cm³/mol. The highest BCUT2D eigenvalue weighted by atomic mass is 16.5. The molecule has 1 fully saturated rings. The van der Waals surface area contributed by atoms with Gasteiger partial charge in [0.2, 0.25) is 0 Å². The van der Waals surface area contributed by atoms with Gasteiger partial charge in [0.25, 0.3) is 5.91 Å². The third-order valence-corrected chi connectivity index (χ3v) is 3.52. The van der Waals surface area contributed by atoms with Crippen molar-refractivity contribution in [1.82, 2.24) is 4.73 Å². The number of hydrogen-bond donors (Lipinski definition) is 1. The molecule has 3 rings (SSSR count). The zero-order valence-electron chi connectivity index (χ0n) is 12.1. The Bertz CT molecular complexity index is 733. The Morgan fingerprint density at radius 3 is 2.59 bits per heavy atom. The van der Waals surface area contributed by atoms with E-state index in [1.807, 2.05) is 18.2 Å². The fourth-order valence-electron chi connectivity index (χ4n) is 2.41. The number of ether oxygens (including phenoxy) is 1. The number of carbonyl (C=O) groups excluding carboxylic acids is 1. The number of anilines is 1. The summed E-state index contributed by atoms with van der Waals surface area (Å²) in [5.74, 6) is -0.379. The van der Waals surface area contributed by atoms with E-state index < -0.39 is 0 Å². The molecule has 0 unspecified atom stereocenters. The quantitative estimate of drug-likeness (QED) is 0.849. The third-order valence-electron chi connectivity index (χ3n) is 3.52. The number of amides is 1. The molecule has 2 aromatic rings. The van der Waals surface area contributed by atoms with Gasteiger partial charge in [-0.25, -0.2) is 0 Å². The number of aromatic nitrogens is 1. The molecule has 1 saturated heterocycles. The smallest absolute Gasteiger partial charge is 0.281 e. The molecule has 0 saturated carbocycles.